The second-order valence-electron chi connectivity index (χ2n) is 5.79. The number of ether oxygens (including phenoxy) is 1. The number of nitrogens with zero attached hydrogens (tertiary/aromatic N) is 2. The van der Waals surface area contributed by atoms with Crippen molar-refractivity contribution in [1.82, 2.24) is 9.78 Å². The molecule has 3 aromatic rings. The van der Waals surface area contributed by atoms with E-state index in [1.807, 2.05) is 0 Å². The number of esters is 1. The zero-order valence-electron chi connectivity index (χ0n) is 14.9. The summed E-state index contributed by atoms with van der Waals surface area (Å²) in [7, 11) is 0. The van der Waals surface area contributed by atoms with Crippen molar-refractivity contribution in [2.24, 2.45) is 4.99 Å². The Morgan fingerprint density at radius 3 is 2.48 bits per heavy atom. The van der Waals surface area contributed by atoms with Crippen molar-refractivity contribution in [2.75, 3.05) is 6.61 Å². The van der Waals surface area contributed by atoms with Crippen molar-refractivity contribution >= 4 is 17.9 Å². The number of aromatic amines is 1. The molecule has 0 unspecified atom stereocenters. The molecular formula is C20H18FN3O3. The van der Waals surface area contributed by atoms with Gasteiger partial charge < -0.3 is 4.74 Å². The number of aryl methyl sites for hydroxylation is 1. The molecule has 0 amide bonds. The van der Waals surface area contributed by atoms with Crippen LogP contribution in [-0.2, 0) is 4.74 Å². The molecule has 0 aliphatic heterocycles. The first kappa shape index (κ1) is 18.3. The van der Waals surface area contributed by atoms with Crippen LogP contribution < -0.4 is 5.56 Å². The van der Waals surface area contributed by atoms with E-state index >= 15 is 0 Å². The largest absolute Gasteiger partial charge is 0.462 e. The van der Waals surface area contributed by atoms with Crippen LogP contribution in [0.2, 0.25) is 0 Å². The van der Waals surface area contributed by atoms with Crippen LogP contribution in [0.25, 0.3) is 5.69 Å². The fourth-order valence-corrected chi connectivity index (χ4v) is 2.52. The highest BCUT2D eigenvalue weighted by atomic mass is 19.1. The third-order valence-electron chi connectivity index (χ3n) is 3.92. The molecule has 138 valence electrons. The topological polar surface area (TPSA) is 76.4 Å². The highest BCUT2D eigenvalue weighted by Gasteiger charge is 2.11. The number of halogens is 1. The average molecular weight is 367 g/mol. The lowest BCUT2D eigenvalue weighted by Crippen LogP contribution is -2.17. The highest BCUT2D eigenvalue weighted by molar-refractivity contribution is 5.90. The number of nitrogens with one attached hydrogen (secondary N) is 1. The van der Waals surface area contributed by atoms with Gasteiger partial charge in [-0.15, -0.1) is 0 Å². The fraction of sp³-hybridized carbons (Fsp3) is 0.150. The lowest BCUT2D eigenvalue weighted by atomic mass is 10.2. The van der Waals surface area contributed by atoms with Crippen LogP contribution in [0.4, 0.5) is 10.1 Å². The van der Waals surface area contributed by atoms with Gasteiger partial charge in [0.25, 0.3) is 5.56 Å². The van der Waals surface area contributed by atoms with Gasteiger partial charge in [-0.2, -0.15) is 0 Å². The van der Waals surface area contributed by atoms with E-state index in [9.17, 15) is 14.0 Å². The van der Waals surface area contributed by atoms with Gasteiger partial charge in [-0.1, -0.05) is 0 Å². The van der Waals surface area contributed by atoms with E-state index in [1.165, 1.54) is 35.2 Å². The van der Waals surface area contributed by atoms with Crippen LogP contribution in [0, 0.1) is 12.7 Å². The summed E-state index contributed by atoms with van der Waals surface area (Å²) < 4.78 is 19.3. The Bertz CT molecular complexity index is 1030. The molecule has 0 aliphatic rings. The lowest BCUT2D eigenvalue weighted by molar-refractivity contribution is 0.0526. The summed E-state index contributed by atoms with van der Waals surface area (Å²) in [6, 6.07) is 12.2. The molecule has 1 heterocycles. The van der Waals surface area contributed by atoms with Gasteiger partial charge in [-0.25, -0.2) is 13.9 Å². The van der Waals surface area contributed by atoms with Gasteiger partial charge in [0.2, 0.25) is 0 Å². The Kier molecular flexibility index (Phi) is 5.30. The van der Waals surface area contributed by atoms with Crippen molar-refractivity contribution in [2.45, 2.75) is 13.8 Å². The summed E-state index contributed by atoms with van der Waals surface area (Å²) in [5.41, 5.74) is 2.31. The third-order valence-corrected chi connectivity index (χ3v) is 3.92. The molecule has 27 heavy (non-hydrogen) atoms. The maximum absolute atomic E-state index is 13.1. The summed E-state index contributed by atoms with van der Waals surface area (Å²) in [5, 5.41) is 2.95. The smallest absolute Gasteiger partial charge is 0.338 e. The monoisotopic (exact) mass is 367 g/mol. The maximum atomic E-state index is 13.1. The van der Waals surface area contributed by atoms with Crippen LogP contribution in [-0.4, -0.2) is 28.6 Å². The number of aromatic nitrogens is 2. The van der Waals surface area contributed by atoms with Crippen LogP contribution in [0.1, 0.15) is 28.5 Å². The number of H-pyrrole nitrogens is 1. The van der Waals surface area contributed by atoms with E-state index in [0.29, 0.717) is 34.8 Å². The van der Waals surface area contributed by atoms with E-state index in [1.54, 1.807) is 38.1 Å². The average Bonchev–Trinajstić information content (AvgIpc) is 2.95. The van der Waals surface area contributed by atoms with Gasteiger partial charge in [0, 0.05) is 11.9 Å². The molecule has 6 nitrogen and oxygen atoms in total. The minimum absolute atomic E-state index is 0.286. The second-order valence-corrected chi connectivity index (χ2v) is 5.79. The number of aliphatic imine (C=N–C) groups is 1. The van der Waals surface area contributed by atoms with Gasteiger partial charge in [-0.3, -0.25) is 14.9 Å². The molecule has 0 saturated carbocycles. The van der Waals surface area contributed by atoms with E-state index in [0.717, 1.165) is 0 Å². The Morgan fingerprint density at radius 2 is 1.85 bits per heavy atom. The van der Waals surface area contributed by atoms with E-state index in [2.05, 4.69) is 10.1 Å². The molecule has 0 saturated heterocycles. The lowest BCUT2D eigenvalue weighted by Gasteiger charge is -2.01. The Balaban J connectivity index is 1.84. The van der Waals surface area contributed by atoms with Crippen molar-refractivity contribution in [3.05, 3.63) is 81.5 Å². The van der Waals surface area contributed by atoms with Crippen molar-refractivity contribution in [1.29, 1.82) is 0 Å². The molecule has 0 spiro atoms. The summed E-state index contributed by atoms with van der Waals surface area (Å²) in [5.74, 6) is -0.764. The minimum atomic E-state index is -0.392. The molecule has 7 heteroatoms. The number of hydrogen-bond donors (Lipinski definition) is 1. The van der Waals surface area contributed by atoms with Crippen molar-refractivity contribution in [3.8, 4) is 5.69 Å². The van der Waals surface area contributed by atoms with Crippen molar-refractivity contribution < 1.29 is 13.9 Å². The quantitative estimate of drug-likeness (QED) is 0.553. The highest BCUT2D eigenvalue weighted by Crippen LogP contribution is 2.14. The number of benzene rings is 2. The van der Waals surface area contributed by atoms with Crippen LogP contribution >= 0.6 is 0 Å². The molecule has 1 aromatic heterocycles. The van der Waals surface area contributed by atoms with Gasteiger partial charge >= 0.3 is 5.97 Å². The van der Waals surface area contributed by atoms with Gasteiger partial charge in [0.15, 0.2) is 0 Å². The Labute approximate surface area is 154 Å². The zero-order valence-corrected chi connectivity index (χ0v) is 14.9. The van der Waals surface area contributed by atoms with Gasteiger partial charge in [0.1, 0.15) is 5.82 Å². The van der Waals surface area contributed by atoms with E-state index in [-0.39, 0.29) is 11.4 Å². The predicted octanol–water partition coefficient (Wildman–Crippen LogP) is 3.54. The standard InChI is InChI=1S/C20H18FN3O3/c1-3-27-20(26)14-4-8-16(9-5-14)22-12-18-13(2)23-24(19(18)25)17-10-6-15(21)7-11-17/h4-12,23H,3H2,1-2H3. The first-order valence-corrected chi connectivity index (χ1v) is 8.38. The van der Waals surface area contributed by atoms with E-state index in [4.69, 9.17) is 4.74 Å². The molecule has 3 rings (SSSR count). The summed E-state index contributed by atoms with van der Waals surface area (Å²) in [6.07, 6.45) is 1.47. The minimum Gasteiger partial charge on any atom is -0.462 e. The normalized spacial score (nSPS) is 11.1. The Hall–Kier alpha value is -3.48. The third kappa shape index (κ3) is 4.03. The van der Waals surface area contributed by atoms with Gasteiger partial charge in [-0.05, 0) is 62.4 Å². The predicted molar refractivity (Wildman–Crippen MR) is 101 cm³/mol. The van der Waals surface area contributed by atoms with Crippen LogP contribution in [0.3, 0.4) is 0 Å². The molecule has 0 atom stereocenters. The zero-order chi connectivity index (χ0) is 19.4. The number of hydrogen-bond acceptors (Lipinski definition) is 4. The summed E-state index contributed by atoms with van der Waals surface area (Å²) in [4.78, 5) is 28.5. The first-order valence-electron chi connectivity index (χ1n) is 8.38. The summed E-state index contributed by atoms with van der Waals surface area (Å²) >= 11 is 0. The molecule has 0 aliphatic carbocycles. The number of carbonyl (C=O) groups excluding carboxylic acids is 1. The fourth-order valence-electron chi connectivity index (χ4n) is 2.52. The molecule has 0 bridgehead atoms. The molecular weight excluding hydrogens is 349 g/mol. The van der Waals surface area contributed by atoms with Crippen LogP contribution in [0.15, 0.2) is 58.3 Å². The second kappa shape index (κ2) is 7.82. The molecule has 0 radical (unpaired) electrons. The number of rotatable bonds is 5. The van der Waals surface area contributed by atoms with Gasteiger partial charge in [0.05, 0.1) is 29.1 Å². The molecule has 2 aromatic carbocycles. The maximum Gasteiger partial charge on any atom is 0.338 e. The number of carbonyl (C=O) groups is 1. The SMILES string of the molecule is CCOC(=O)c1ccc(N=Cc2c(C)[nH]n(-c3ccc(F)cc3)c2=O)cc1. The summed E-state index contributed by atoms with van der Waals surface area (Å²) in [6.45, 7) is 3.81. The van der Waals surface area contributed by atoms with Crippen LogP contribution in [0.5, 0.6) is 0 Å². The Morgan fingerprint density at radius 1 is 1.19 bits per heavy atom. The molecule has 0 fully saturated rings. The van der Waals surface area contributed by atoms with Crippen molar-refractivity contribution in [3.63, 3.8) is 0 Å². The van der Waals surface area contributed by atoms with E-state index < -0.39 is 5.97 Å². The molecule has 1 N–H and O–H groups in total. The first-order chi connectivity index (χ1) is 13.0.